The molecular formula is C14H16N2O. The van der Waals surface area contributed by atoms with Gasteiger partial charge in [-0.15, -0.1) is 0 Å². The number of anilines is 2. The Labute approximate surface area is 101 Å². The summed E-state index contributed by atoms with van der Waals surface area (Å²) >= 11 is 0. The smallest absolute Gasteiger partial charge is 0.139 e. The fourth-order valence-electron chi connectivity index (χ4n) is 1.68. The van der Waals surface area contributed by atoms with E-state index in [2.05, 4.69) is 5.32 Å². The molecular weight excluding hydrogens is 212 g/mol. The molecule has 0 aromatic heterocycles. The Morgan fingerprint density at radius 3 is 2.41 bits per heavy atom. The average molecular weight is 228 g/mol. The second-order valence-electron chi connectivity index (χ2n) is 4.00. The van der Waals surface area contributed by atoms with E-state index in [1.54, 1.807) is 6.07 Å². The molecule has 0 spiro atoms. The minimum Gasteiger partial charge on any atom is -0.506 e. The molecule has 0 saturated carbocycles. The minimum absolute atomic E-state index is 0.257. The first kappa shape index (κ1) is 11.5. The van der Waals surface area contributed by atoms with E-state index in [0.29, 0.717) is 6.54 Å². The molecule has 2 aromatic carbocycles. The number of para-hydroxylation sites is 1. The highest BCUT2D eigenvalue weighted by atomic mass is 16.3. The van der Waals surface area contributed by atoms with Gasteiger partial charge in [0, 0.05) is 12.2 Å². The summed E-state index contributed by atoms with van der Waals surface area (Å²) in [6, 6.07) is 13.3. The molecule has 0 aliphatic rings. The van der Waals surface area contributed by atoms with Gasteiger partial charge in [-0.2, -0.15) is 0 Å². The van der Waals surface area contributed by atoms with E-state index in [-0.39, 0.29) is 5.75 Å². The summed E-state index contributed by atoms with van der Waals surface area (Å²) < 4.78 is 0. The highest BCUT2D eigenvalue weighted by molar-refractivity contribution is 5.69. The standard InChI is InChI=1S/C14H16N2O/c1-10-3-2-4-13(17)14(10)16-12-7-5-11(9-15)6-8-12/h2-8,16-17H,9,15H2,1H3. The first-order valence-corrected chi connectivity index (χ1v) is 5.55. The third-order valence-corrected chi connectivity index (χ3v) is 2.71. The van der Waals surface area contributed by atoms with Crippen LogP contribution < -0.4 is 11.1 Å². The van der Waals surface area contributed by atoms with Crippen molar-refractivity contribution >= 4 is 11.4 Å². The Morgan fingerprint density at radius 1 is 1.12 bits per heavy atom. The van der Waals surface area contributed by atoms with Crippen LogP contribution in [0, 0.1) is 6.92 Å². The van der Waals surface area contributed by atoms with E-state index in [9.17, 15) is 5.11 Å². The zero-order chi connectivity index (χ0) is 12.3. The Morgan fingerprint density at radius 2 is 1.82 bits per heavy atom. The van der Waals surface area contributed by atoms with E-state index in [1.807, 2.05) is 43.3 Å². The van der Waals surface area contributed by atoms with Crippen molar-refractivity contribution in [2.75, 3.05) is 5.32 Å². The fraction of sp³-hybridized carbons (Fsp3) is 0.143. The molecule has 0 atom stereocenters. The van der Waals surface area contributed by atoms with Crippen LogP contribution in [-0.4, -0.2) is 5.11 Å². The van der Waals surface area contributed by atoms with Crippen molar-refractivity contribution in [3.05, 3.63) is 53.6 Å². The Kier molecular flexibility index (Phi) is 3.30. The molecule has 17 heavy (non-hydrogen) atoms. The number of benzene rings is 2. The maximum Gasteiger partial charge on any atom is 0.139 e. The fourth-order valence-corrected chi connectivity index (χ4v) is 1.68. The van der Waals surface area contributed by atoms with Gasteiger partial charge in [-0.05, 0) is 36.2 Å². The van der Waals surface area contributed by atoms with Gasteiger partial charge in [-0.25, -0.2) is 0 Å². The lowest BCUT2D eigenvalue weighted by atomic mass is 10.1. The van der Waals surface area contributed by atoms with Crippen molar-refractivity contribution in [3.8, 4) is 5.75 Å². The summed E-state index contributed by atoms with van der Waals surface area (Å²) in [6.07, 6.45) is 0. The molecule has 0 bridgehead atoms. The number of hydrogen-bond donors (Lipinski definition) is 3. The van der Waals surface area contributed by atoms with Gasteiger partial charge in [0.15, 0.2) is 0 Å². The molecule has 0 amide bonds. The van der Waals surface area contributed by atoms with Gasteiger partial charge < -0.3 is 16.2 Å². The predicted molar refractivity (Wildman–Crippen MR) is 70.5 cm³/mol. The first-order chi connectivity index (χ1) is 8.20. The maximum absolute atomic E-state index is 9.77. The summed E-state index contributed by atoms with van der Waals surface area (Å²) in [5, 5.41) is 13.0. The van der Waals surface area contributed by atoms with Crippen molar-refractivity contribution in [3.63, 3.8) is 0 Å². The van der Waals surface area contributed by atoms with E-state index < -0.39 is 0 Å². The van der Waals surface area contributed by atoms with Crippen LogP contribution in [0.4, 0.5) is 11.4 Å². The van der Waals surface area contributed by atoms with Crippen LogP contribution in [0.5, 0.6) is 5.75 Å². The predicted octanol–water partition coefficient (Wildman–Crippen LogP) is 2.90. The molecule has 0 saturated heterocycles. The van der Waals surface area contributed by atoms with Crippen molar-refractivity contribution in [2.24, 2.45) is 5.73 Å². The van der Waals surface area contributed by atoms with Gasteiger partial charge in [-0.1, -0.05) is 24.3 Å². The molecule has 88 valence electrons. The van der Waals surface area contributed by atoms with E-state index in [1.165, 1.54) is 0 Å². The van der Waals surface area contributed by atoms with Crippen molar-refractivity contribution < 1.29 is 5.11 Å². The van der Waals surface area contributed by atoms with Gasteiger partial charge in [-0.3, -0.25) is 0 Å². The highest BCUT2D eigenvalue weighted by Gasteiger charge is 2.04. The van der Waals surface area contributed by atoms with E-state index in [4.69, 9.17) is 5.73 Å². The Bertz CT molecular complexity index is 486. The van der Waals surface area contributed by atoms with E-state index >= 15 is 0 Å². The summed E-state index contributed by atoms with van der Waals surface area (Å²) in [6.45, 7) is 2.49. The summed E-state index contributed by atoms with van der Waals surface area (Å²) in [5.41, 5.74) is 9.32. The molecule has 0 heterocycles. The molecule has 2 rings (SSSR count). The largest absolute Gasteiger partial charge is 0.506 e. The van der Waals surface area contributed by atoms with Gasteiger partial charge in [0.25, 0.3) is 0 Å². The summed E-state index contributed by atoms with van der Waals surface area (Å²) in [5.74, 6) is 0.257. The van der Waals surface area contributed by atoms with Gasteiger partial charge in [0.2, 0.25) is 0 Å². The number of hydrogen-bond acceptors (Lipinski definition) is 3. The van der Waals surface area contributed by atoms with E-state index in [0.717, 1.165) is 22.5 Å². The van der Waals surface area contributed by atoms with Crippen LogP contribution in [0.3, 0.4) is 0 Å². The van der Waals surface area contributed by atoms with Gasteiger partial charge in [0.05, 0.1) is 5.69 Å². The molecule has 4 N–H and O–H groups in total. The number of aryl methyl sites for hydroxylation is 1. The third-order valence-electron chi connectivity index (χ3n) is 2.71. The quantitative estimate of drug-likeness (QED) is 0.708. The molecule has 3 heteroatoms. The van der Waals surface area contributed by atoms with Gasteiger partial charge >= 0.3 is 0 Å². The number of rotatable bonds is 3. The average Bonchev–Trinajstić information content (AvgIpc) is 2.35. The summed E-state index contributed by atoms with van der Waals surface area (Å²) in [4.78, 5) is 0. The normalized spacial score (nSPS) is 10.2. The second kappa shape index (κ2) is 4.89. The summed E-state index contributed by atoms with van der Waals surface area (Å²) in [7, 11) is 0. The van der Waals surface area contributed by atoms with Crippen molar-refractivity contribution in [2.45, 2.75) is 13.5 Å². The number of phenols is 1. The lowest BCUT2D eigenvalue weighted by molar-refractivity contribution is 0.477. The monoisotopic (exact) mass is 228 g/mol. The molecule has 2 aromatic rings. The molecule has 3 nitrogen and oxygen atoms in total. The molecule has 0 unspecified atom stereocenters. The zero-order valence-corrected chi connectivity index (χ0v) is 9.77. The van der Waals surface area contributed by atoms with Gasteiger partial charge in [0.1, 0.15) is 5.75 Å². The lowest BCUT2D eigenvalue weighted by Crippen LogP contribution is -1.97. The number of nitrogens with two attached hydrogens (primary N) is 1. The molecule has 0 aliphatic heterocycles. The van der Waals surface area contributed by atoms with Crippen LogP contribution in [0.1, 0.15) is 11.1 Å². The minimum atomic E-state index is 0.257. The molecule has 0 radical (unpaired) electrons. The van der Waals surface area contributed by atoms with Crippen LogP contribution in [0.2, 0.25) is 0 Å². The second-order valence-corrected chi connectivity index (χ2v) is 4.00. The SMILES string of the molecule is Cc1cccc(O)c1Nc1ccc(CN)cc1. The Hall–Kier alpha value is -2.00. The maximum atomic E-state index is 9.77. The number of phenolic OH excluding ortho intramolecular Hbond substituents is 1. The molecule has 0 aliphatic carbocycles. The van der Waals surface area contributed by atoms with Crippen LogP contribution in [0.25, 0.3) is 0 Å². The molecule has 0 fully saturated rings. The number of aromatic hydroxyl groups is 1. The Balaban J connectivity index is 2.25. The zero-order valence-electron chi connectivity index (χ0n) is 9.77. The first-order valence-electron chi connectivity index (χ1n) is 5.55. The highest BCUT2D eigenvalue weighted by Crippen LogP contribution is 2.29. The van der Waals surface area contributed by atoms with Crippen LogP contribution in [0.15, 0.2) is 42.5 Å². The van der Waals surface area contributed by atoms with Crippen molar-refractivity contribution in [1.29, 1.82) is 0 Å². The third kappa shape index (κ3) is 2.57. The van der Waals surface area contributed by atoms with Crippen molar-refractivity contribution in [1.82, 2.24) is 0 Å². The number of nitrogens with one attached hydrogen (secondary N) is 1. The van der Waals surface area contributed by atoms with Crippen LogP contribution in [-0.2, 0) is 6.54 Å². The topological polar surface area (TPSA) is 58.3 Å². The lowest BCUT2D eigenvalue weighted by Gasteiger charge is -2.11. The van der Waals surface area contributed by atoms with Crippen LogP contribution >= 0.6 is 0 Å².